The number of hydrogen-bond donors (Lipinski definition) is 0. The Morgan fingerprint density at radius 2 is 1.80 bits per heavy atom. The standard InChI is InChI=1S/C13H21NO6/c1-9(15)19-8-12(14(17)18)13(20-10(2)16)11-6-4-3-5-7-11/h11-13H,3-8H2,1-2H3. The first kappa shape index (κ1) is 16.4. The lowest BCUT2D eigenvalue weighted by Crippen LogP contribution is -2.45. The van der Waals surface area contributed by atoms with Gasteiger partial charge in [-0.05, 0) is 12.8 Å². The summed E-state index contributed by atoms with van der Waals surface area (Å²) in [5.41, 5.74) is 0. The van der Waals surface area contributed by atoms with Crippen molar-refractivity contribution in [2.75, 3.05) is 6.61 Å². The van der Waals surface area contributed by atoms with Crippen LogP contribution >= 0.6 is 0 Å². The van der Waals surface area contributed by atoms with Crippen molar-refractivity contribution in [3.8, 4) is 0 Å². The molecule has 7 heteroatoms. The van der Waals surface area contributed by atoms with Gasteiger partial charge < -0.3 is 9.47 Å². The first-order chi connectivity index (χ1) is 9.41. The Bertz CT molecular complexity index is 364. The summed E-state index contributed by atoms with van der Waals surface area (Å²) in [6.45, 7) is 2.06. The zero-order valence-corrected chi connectivity index (χ0v) is 11.9. The average Bonchev–Trinajstić information content (AvgIpc) is 2.37. The van der Waals surface area contributed by atoms with Crippen LogP contribution in [0, 0.1) is 16.0 Å². The number of nitrogens with zero attached hydrogens (tertiary/aromatic N) is 1. The molecule has 0 aromatic carbocycles. The van der Waals surface area contributed by atoms with E-state index in [1.807, 2.05) is 0 Å². The number of ether oxygens (including phenoxy) is 2. The molecule has 0 spiro atoms. The smallest absolute Gasteiger partial charge is 0.303 e. The third-order valence-electron chi connectivity index (χ3n) is 3.52. The highest BCUT2D eigenvalue weighted by molar-refractivity contribution is 5.66. The van der Waals surface area contributed by atoms with Crippen molar-refractivity contribution in [3.05, 3.63) is 10.1 Å². The van der Waals surface area contributed by atoms with Gasteiger partial charge >= 0.3 is 11.9 Å². The van der Waals surface area contributed by atoms with Gasteiger partial charge in [0.2, 0.25) is 0 Å². The minimum Gasteiger partial charge on any atom is -0.458 e. The first-order valence-corrected chi connectivity index (χ1v) is 6.86. The van der Waals surface area contributed by atoms with E-state index in [1.54, 1.807) is 0 Å². The van der Waals surface area contributed by atoms with Crippen LogP contribution in [-0.2, 0) is 19.1 Å². The number of rotatable bonds is 6. The lowest BCUT2D eigenvalue weighted by molar-refractivity contribution is -0.539. The number of esters is 2. The second-order valence-electron chi connectivity index (χ2n) is 5.13. The molecular weight excluding hydrogens is 266 g/mol. The van der Waals surface area contributed by atoms with E-state index in [2.05, 4.69) is 0 Å². The molecule has 0 bridgehead atoms. The summed E-state index contributed by atoms with van der Waals surface area (Å²) in [4.78, 5) is 32.7. The quantitative estimate of drug-likeness (QED) is 0.419. The molecule has 1 rings (SSSR count). The Kier molecular flexibility index (Phi) is 6.41. The summed E-state index contributed by atoms with van der Waals surface area (Å²) in [7, 11) is 0. The second kappa shape index (κ2) is 7.81. The molecule has 1 saturated carbocycles. The Morgan fingerprint density at radius 3 is 2.25 bits per heavy atom. The zero-order chi connectivity index (χ0) is 15.1. The van der Waals surface area contributed by atoms with E-state index in [9.17, 15) is 19.7 Å². The zero-order valence-electron chi connectivity index (χ0n) is 11.9. The molecule has 1 aliphatic carbocycles. The van der Waals surface area contributed by atoms with Gasteiger partial charge in [-0.1, -0.05) is 19.3 Å². The molecule has 1 aliphatic rings. The predicted molar refractivity (Wildman–Crippen MR) is 69.5 cm³/mol. The van der Waals surface area contributed by atoms with E-state index in [1.165, 1.54) is 13.8 Å². The highest BCUT2D eigenvalue weighted by Crippen LogP contribution is 2.30. The van der Waals surface area contributed by atoms with E-state index in [0.717, 1.165) is 32.1 Å². The monoisotopic (exact) mass is 287 g/mol. The maximum absolute atomic E-state index is 11.2. The molecule has 7 nitrogen and oxygen atoms in total. The average molecular weight is 287 g/mol. The van der Waals surface area contributed by atoms with E-state index < -0.39 is 29.0 Å². The van der Waals surface area contributed by atoms with E-state index in [4.69, 9.17) is 9.47 Å². The summed E-state index contributed by atoms with van der Waals surface area (Å²) in [5.74, 6) is -1.17. The van der Waals surface area contributed by atoms with Crippen LogP contribution in [-0.4, -0.2) is 35.6 Å². The van der Waals surface area contributed by atoms with Gasteiger partial charge in [-0.25, -0.2) is 0 Å². The van der Waals surface area contributed by atoms with Crippen molar-refractivity contribution in [1.82, 2.24) is 0 Å². The number of carbonyl (C=O) groups is 2. The van der Waals surface area contributed by atoms with Crippen molar-refractivity contribution in [1.29, 1.82) is 0 Å². The topological polar surface area (TPSA) is 95.7 Å². The highest BCUT2D eigenvalue weighted by atomic mass is 16.6. The Balaban J connectivity index is 2.81. The molecule has 1 fully saturated rings. The summed E-state index contributed by atoms with van der Waals surface area (Å²) < 4.78 is 9.92. The van der Waals surface area contributed by atoms with Crippen LogP contribution in [0.2, 0.25) is 0 Å². The molecule has 114 valence electrons. The SMILES string of the molecule is CC(=O)OCC(C(OC(C)=O)C1CCCCC1)[N+](=O)[O-]. The van der Waals surface area contributed by atoms with Gasteiger partial charge in [0.05, 0.1) is 0 Å². The Morgan fingerprint density at radius 1 is 1.20 bits per heavy atom. The van der Waals surface area contributed by atoms with E-state index >= 15 is 0 Å². The fourth-order valence-electron chi connectivity index (χ4n) is 2.62. The number of hydrogen-bond acceptors (Lipinski definition) is 6. The summed E-state index contributed by atoms with van der Waals surface area (Å²) in [5, 5.41) is 11.2. The van der Waals surface area contributed by atoms with Gasteiger partial charge in [-0.3, -0.25) is 19.7 Å². The Labute approximate surface area is 117 Å². The molecule has 0 saturated heterocycles. The molecule has 0 aliphatic heterocycles. The fraction of sp³-hybridized carbons (Fsp3) is 0.846. The van der Waals surface area contributed by atoms with Crippen molar-refractivity contribution < 1.29 is 24.0 Å². The summed E-state index contributed by atoms with van der Waals surface area (Å²) >= 11 is 0. The molecule has 0 aromatic heterocycles. The molecule has 20 heavy (non-hydrogen) atoms. The molecule has 2 unspecified atom stereocenters. The first-order valence-electron chi connectivity index (χ1n) is 6.86. The Hall–Kier alpha value is -1.66. The fourth-order valence-corrected chi connectivity index (χ4v) is 2.62. The molecule has 2 atom stereocenters. The second-order valence-corrected chi connectivity index (χ2v) is 5.13. The van der Waals surface area contributed by atoms with Gasteiger partial charge in [0.15, 0.2) is 12.7 Å². The lowest BCUT2D eigenvalue weighted by atomic mass is 9.82. The molecule has 0 heterocycles. The molecule has 0 radical (unpaired) electrons. The van der Waals surface area contributed by atoms with Crippen LogP contribution < -0.4 is 0 Å². The number of nitro groups is 1. The van der Waals surface area contributed by atoms with Crippen LogP contribution in [0.1, 0.15) is 46.0 Å². The predicted octanol–water partition coefficient (Wildman–Crippen LogP) is 1.71. The number of carbonyl (C=O) groups excluding carboxylic acids is 2. The van der Waals surface area contributed by atoms with Gasteiger partial charge in [0.1, 0.15) is 0 Å². The largest absolute Gasteiger partial charge is 0.458 e. The summed E-state index contributed by atoms with van der Waals surface area (Å²) in [6, 6.07) is -1.20. The van der Waals surface area contributed by atoms with Crippen LogP contribution in [0.15, 0.2) is 0 Å². The maximum atomic E-state index is 11.2. The van der Waals surface area contributed by atoms with Gasteiger partial charge in [-0.15, -0.1) is 0 Å². The normalized spacial score (nSPS) is 18.9. The van der Waals surface area contributed by atoms with E-state index in [0.29, 0.717) is 0 Å². The van der Waals surface area contributed by atoms with Crippen molar-refractivity contribution in [3.63, 3.8) is 0 Å². The van der Waals surface area contributed by atoms with Crippen molar-refractivity contribution in [2.45, 2.75) is 58.1 Å². The maximum Gasteiger partial charge on any atom is 0.303 e. The van der Waals surface area contributed by atoms with Gasteiger partial charge in [-0.2, -0.15) is 0 Å². The third kappa shape index (κ3) is 5.14. The highest BCUT2D eigenvalue weighted by Gasteiger charge is 2.41. The summed E-state index contributed by atoms with van der Waals surface area (Å²) in [6.07, 6.45) is 3.80. The van der Waals surface area contributed by atoms with Crippen molar-refractivity contribution >= 4 is 11.9 Å². The molecular formula is C13H21NO6. The van der Waals surface area contributed by atoms with Crippen LogP contribution in [0.5, 0.6) is 0 Å². The lowest BCUT2D eigenvalue weighted by Gasteiger charge is -2.30. The minimum absolute atomic E-state index is 0.0430. The van der Waals surface area contributed by atoms with Gasteiger partial charge in [0, 0.05) is 24.7 Å². The molecule has 0 aromatic rings. The minimum atomic E-state index is -1.20. The van der Waals surface area contributed by atoms with Gasteiger partial charge in [0.25, 0.3) is 6.04 Å². The van der Waals surface area contributed by atoms with E-state index in [-0.39, 0.29) is 12.5 Å². The molecule has 0 amide bonds. The van der Waals surface area contributed by atoms with Crippen molar-refractivity contribution in [2.24, 2.45) is 5.92 Å². The van der Waals surface area contributed by atoms with Crippen LogP contribution in [0.25, 0.3) is 0 Å². The van der Waals surface area contributed by atoms with Crippen LogP contribution in [0.3, 0.4) is 0 Å². The molecule has 0 N–H and O–H groups in total. The van der Waals surface area contributed by atoms with Crippen LogP contribution in [0.4, 0.5) is 0 Å². The third-order valence-corrected chi connectivity index (χ3v) is 3.52.